The minimum absolute atomic E-state index is 0.0610. The van der Waals surface area contributed by atoms with E-state index in [9.17, 15) is 9.18 Å². The number of para-hydroxylation sites is 1. The number of anilines is 1. The van der Waals surface area contributed by atoms with Crippen molar-refractivity contribution in [1.29, 1.82) is 0 Å². The maximum Gasteiger partial charge on any atom is 0.229 e. The van der Waals surface area contributed by atoms with Crippen LogP contribution in [-0.4, -0.2) is 37.1 Å². The molecule has 0 bridgehead atoms. The molecule has 0 spiro atoms. The highest BCUT2D eigenvalue weighted by molar-refractivity contribution is 5.83. The molecule has 1 heterocycles. The predicted molar refractivity (Wildman–Crippen MR) is 100 cm³/mol. The summed E-state index contributed by atoms with van der Waals surface area (Å²) in [6, 6.07) is 8.24. The largest absolute Gasteiger partial charge is 0.343 e. The second-order valence-corrected chi connectivity index (χ2v) is 7.23. The molecule has 25 heavy (non-hydrogen) atoms. The normalized spacial score (nSPS) is 22.5. The van der Waals surface area contributed by atoms with Crippen LogP contribution >= 0.6 is 0 Å². The number of halogens is 1. The predicted octanol–water partition coefficient (Wildman–Crippen LogP) is 4.19. The lowest BCUT2D eigenvalue weighted by Gasteiger charge is -2.42. The molecule has 3 rings (SSSR count). The molecule has 0 fully saturated rings. The summed E-state index contributed by atoms with van der Waals surface area (Å²) < 4.78 is 13.3. The molecule has 1 aliphatic carbocycles. The van der Waals surface area contributed by atoms with E-state index in [-0.39, 0.29) is 18.5 Å². The van der Waals surface area contributed by atoms with Crippen molar-refractivity contribution >= 4 is 11.6 Å². The average molecular weight is 343 g/mol. The van der Waals surface area contributed by atoms with Crippen molar-refractivity contribution in [2.24, 2.45) is 11.8 Å². The number of nitrogens with zero attached hydrogens (tertiary/aromatic N) is 2. The Morgan fingerprint density at radius 1 is 1.28 bits per heavy atom. The fourth-order valence-electron chi connectivity index (χ4n) is 4.42. The van der Waals surface area contributed by atoms with Crippen molar-refractivity contribution < 1.29 is 9.18 Å². The van der Waals surface area contributed by atoms with Gasteiger partial charge in [-0.05, 0) is 56.2 Å². The van der Waals surface area contributed by atoms with Gasteiger partial charge >= 0.3 is 0 Å². The van der Waals surface area contributed by atoms with Crippen LogP contribution in [0, 0.1) is 11.8 Å². The minimum atomic E-state index is -0.381. The minimum Gasteiger partial charge on any atom is -0.343 e. The van der Waals surface area contributed by atoms with Crippen LogP contribution in [-0.2, 0) is 11.2 Å². The number of rotatable bonds is 5. The van der Waals surface area contributed by atoms with Gasteiger partial charge in [0.25, 0.3) is 0 Å². The Bertz CT molecular complexity index is 666. The molecule has 1 aromatic carbocycles. The van der Waals surface area contributed by atoms with Crippen molar-refractivity contribution in [2.45, 2.75) is 40.0 Å². The molecular weight excluding hydrogens is 314 g/mol. The molecule has 4 heteroatoms. The highest BCUT2D eigenvalue weighted by atomic mass is 18.2. The molecule has 2 unspecified atom stereocenters. The fraction of sp³-hybridized carbons (Fsp3) is 0.571. The summed E-state index contributed by atoms with van der Waals surface area (Å²) in [6.45, 7) is 7.76. The zero-order valence-electron chi connectivity index (χ0n) is 15.6. The number of hydrogen-bond acceptors (Lipinski definition) is 2. The lowest BCUT2D eigenvalue weighted by molar-refractivity contribution is -0.134. The van der Waals surface area contributed by atoms with Gasteiger partial charge in [-0.3, -0.25) is 4.79 Å². The van der Waals surface area contributed by atoms with E-state index in [0.717, 1.165) is 38.0 Å². The molecule has 0 aromatic heterocycles. The SMILES string of the molecule is CCN(CC)C(=O)C1CC(C)CC2=C1Cc1ccccc1N2CC[18F]. The first kappa shape index (κ1) is 18.0. The monoisotopic (exact) mass is 343 g/mol. The second-order valence-electron chi connectivity index (χ2n) is 7.23. The molecule has 2 aliphatic rings. The Hall–Kier alpha value is -1.84. The van der Waals surface area contributed by atoms with Crippen LogP contribution in [0.5, 0.6) is 0 Å². The Morgan fingerprint density at radius 3 is 2.68 bits per heavy atom. The number of amides is 1. The highest BCUT2D eigenvalue weighted by Crippen LogP contribution is 2.44. The van der Waals surface area contributed by atoms with Crippen molar-refractivity contribution in [3.63, 3.8) is 0 Å². The first-order chi connectivity index (χ1) is 12.1. The van der Waals surface area contributed by atoms with E-state index >= 15 is 0 Å². The van der Waals surface area contributed by atoms with Gasteiger partial charge in [-0.2, -0.15) is 0 Å². The fourth-order valence-corrected chi connectivity index (χ4v) is 4.42. The van der Waals surface area contributed by atoms with E-state index in [2.05, 4.69) is 24.0 Å². The summed E-state index contributed by atoms with van der Waals surface area (Å²) in [7, 11) is 0. The van der Waals surface area contributed by atoms with E-state index in [1.165, 1.54) is 16.8 Å². The van der Waals surface area contributed by atoms with Crippen LogP contribution in [0.2, 0.25) is 0 Å². The summed E-state index contributed by atoms with van der Waals surface area (Å²) in [5.41, 5.74) is 4.74. The molecule has 3 nitrogen and oxygen atoms in total. The zero-order chi connectivity index (χ0) is 18.0. The summed E-state index contributed by atoms with van der Waals surface area (Å²) in [5, 5.41) is 0. The Morgan fingerprint density at radius 2 is 2.00 bits per heavy atom. The van der Waals surface area contributed by atoms with Crippen LogP contribution in [0.15, 0.2) is 35.5 Å². The molecule has 0 saturated carbocycles. The molecule has 0 N–H and O–H groups in total. The third kappa shape index (κ3) is 3.31. The number of hydrogen-bond donors (Lipinski definition) is 0. The topological polar surface area (TPSA) is 23.6 Å². The summed E-state index contributed by atoms with van der Waals surface area (Å²) in [4.78, 5) is 17.2. The number of carbonyl (C=O) groups is 1. The van der Waals surface area contributed by atoms with E-state index in [4.69, 9.17) is 0 Å². The first-order valence-electron chi connectivity index (χ1n) is 9.52. The maximum atomic E-state index is 13.3. The number of fused-ring (bicyclic) bond motifs is 1. The van der Waals surface area contributed by atoms with Gasteiger partial charge in [0.2, 0.25) is 5.91 Å². The zero-order valence-corrected chi connectivity index (χ0v) is 15.6. The summed E-state index contributed by atoms with van der Waals surface area (Å²) in [5.74, 6) is 0.619. The van der Waals surface area contributed by atoms with Gasteiger partial charge in [0.05, 0.1) is 12.5 Å². The van der Waals surface area contributed by atoms with Gasteiger partial charge < -0.3 is 9.80 Å². The van der Waals surface area contributed by atoms with E-state index in [0.29, 0.717) is 12.5 Å². The quantitative estimate of drug-likeness (QED) is 0.800. The van der Waals surface area contributed by atoms with E-state index < -0.39 is 0 Å². The van der Waals surface area contributed by atoms with Gasteiger partial charge in [0.15, 0.2) is 0 Å². The maximum absolute atomic E-state index is 13.3. The van der Waals surface area contributed by atoms with Crippen molar-refractivity contribution in [3.8, 4) is 0 Å². The van der Waals surface area contributed by atoms with Gasteiger partial charge in [0.1, 0.15) is 6.67 Å². The van der Waals surface area contributed by atoms with Crippen molar-refractivity contribution in [2.75, 3.05) is 31.2 Å². The number of allylic oxidation sites excluding steroid dienone is 1. The molecule has 136 valence electrons. The highest BCUT2D eigenvalue weighted by Gasteiger charge is 2.38. The van der Waals surface area contributed by atoms with E-state index in [1.807, 2.05) is 30.9 Å². The van der Waals surface area contributed by atoms with Gasteiger partial charge in [-0.15, -0.1) is 0 Å². The number of carbonyl (C=O) groups excluding carboxylic acids is 1. The standard InChI is InChI=1S/C21H29FN2O/c1-4-23(5-2)21(25)18-12-15(3)13-20-17(18)14-16-8-6-7-9-19(16)24(20)11-10-22/h6-9,15,18H,4-5,10-14H2,1-3H3/i22-1. The third-order valence-corrected chi connectivity index (χ3v) is 5.64. The summed E-state index contributed by atoms with van der Waals surface area (Å²) in [6.07, 6.45) is 2.66. The van der Waals surface area contributed by atoms with Crippen molar-refractivity contribution in [3.05, 3.63) is 41.1 Å². The second kappa shape index (κ2) is 7.59. The van der Waals surface area contributed by atoms with Crippen molar-refractivity contribution in [1.82, 2.24) is 4.90 Å². The van der Waals surface area contributed by atoms with Gasteiger partial charge in [-0.1, -0.05) is 25.1 Å². The molecule has 2 atom stereocenters. The van der Waals surface area contributed by atoms with Gasteiger partial charge in [-0.25, -0.2) is 4.39 Å². The number of alkyl halides is 1. The Labute approximate surface area is 150 Å². The first-order valence-corrected chi connectivity index (χ1v) is 9.52. The number of benzene rings is 1. The van der Waals surface area contributed by atoms with E-state index in [1.54, 1.807) is 0 Å². The van der Waals surface area contributed by atoms with Gasteiger partial charge in [0, 0.05) is 24.5 Å². The molecule has 0 saturated heterocycles. The lowest BCUT2D eigenvalue weighted by Crippen LogP contribution is -2.43. The average Bonchev–Trinajstić information content (AvgIpc) is 2.62. The third-order valence-electron chi connectivity index (χ3n) is 5.64. The van der Waals surface area contributed by atoms with Crippen LogP contribution in [0.3, 0.4) is 0 Å². The molecular formula is C21H29FN2O. The Kier molecular flexibility index (Phi) is 5.45. The molecule has 0 radical (unpaired) electrons. The van der Waals surface area contributed by atoms with Crippen LogP contribution in [0.25, 0.3) is 0 Å². The molecule has 1 aromatic rings. The Balaban J connectivity index is 2.03. The van der Waals surface area contributed by atoms with Crippen LogP contribution in [0.1, 0.15) is 39.2 Å². The lowest BCUT2D eigenvalue weighted by atomic mass is 9.74. The van der Waals surface area contributed by atoms with Crippen LogP contribution in [0.4, 0.5) is 10.1 Å². The smallest absolute Gasteiger partial charge is 0.229 e. The van der Waals surface area contributed by atoms with Crippen LogP contribution < -0.4 is 4.90 Å². The molecule has 1 amide bonds. The molecule has 1 aliphatic heterocycles. The summed E-state index contributed by atoms with van der Waals surface area (Å²) >= 11 is 0.